The number of aliphatic hydroxyl groups excluding tert-OH is 11. The number of carbonyl (C=O) groups excluding carboxylic acids is 1. The summed E-state index contributed by atoms with van der Waals surface area (Å²) in [6, 6.07) is -0.884. The Hall–Kier alpha value is -1.21. The van der Waals surface area contributed by atoms with Crippen LogP contribution in [0.5, 0.6) is 0 Å². The second-order valence-electron chi connectivity index (χ2n) is 32.4. The lowest BCUT2D eigenvalue weighted by Gasteiger charge is -2.48. The van der Waals surface area contributed by atoms with Gasteiger partial charge in [-0.3, -0.25) is 4.79 Å². The van der Waals surface area contributed by atoms with Crippen LogP contribution in [0.15, 0.2) is 0 Å². The van der Waals surface area contributed by atoms with Gasteiger partial charge in [0.05, 0.1) is 38.6 Å². The standard InChI is InChI=1S/C86H167NO18/c1-3-5-7-9-11-13-15-17-19-21-23-25-26-27-28-29-30-31-32-33-34-35-36-37-38-39-40-41-42-43-44-46-48-50-52-54-56-58-60-62-64-74(92)87-69(70(91)63-61-59-57-55-53-51-49-47-45-24-22-20-18-16-14-12-10-8-6-4-2)68-100-84-80(98)77(95)82(72(66-89)102-84)105-86-81(99)78(96)83(73(67-90)103-86)104-85-79(97)76(94)75(93)71(65-88)101-85/h69-73,75-86,88-91,93-99H,3-68H2,1-2H3,(H,87,92). The number of carbonyl (C=O) groups is 1. The first-order valence-electron chi connectivity index (χ1n) is 44.8. The molecule has 0 radical (unpaired) electrons. The molecule has 17 unspecified atom stereocenters. The van der Waals surface area contributed by atoms with E-state index in [0.29, 0.717) is 12.8 Å². The topological polar surface area (TPSA) is 307 Å². The minimum atomic E-state index is -1.97. The minimum Gasteiger partial charge on any atom is -0.394 e. The zero-order valence-electron chi connectivity index (χ0n) is 67.3. The highest BCUT2D eigenvalue weighted by Crippen LogP contribution is 2.34. The highest BCUT2D eigenvalue weighted by molar-refractivity contribution is 5.76. The van der Waals surface area contributed by atoms with Gasteiger partial charge in [0, 0.05) is 6.42 Å². The fourth-order valence-corrected chi connectivity index (χ4v) is 15.8. The van der Waals surface area contributed by atoms with Crippen molar-refractivity contribution >= 4 is 5.91 Å². The van der Waals surface area contributed by atoms with Gasteiger partial charge in [0.25, 0.3) is 0 Å². The molecule has 3 fully saturated rings. The quantitative estimate of drug-likeness (QED) is 0.0252. The highest BCUT2D eigenvalue weighted by Gasteiger charge is 2.54. The average Bonchev–Trinajstić information content (AvgIpc) is 0.779. The van der Waals surface area contributed by atoms with Crippen LogP contribution in [-0.4, -0.2) is 193 Å². The van der Waals surface area contributed by atoms with Crippen molar-refractivity contribution < 1.29 is 89.4 Å². The lowest BCUT2D eigenvalue weighted by molar-refractivity contribution is -0.379. The molecule has 624 valence electrons. The second kappa shape index (κ2) is 67.3. The largest absolute Gasteiger partial charge is 0.394 e. The Morgan fingerprint density at radius 1 is 0.305 bits per heavy atom. The summed E-state index contributed by atoms with van der Waals surface area (Å²) in [5, 5.41) is 121. The Kier molecular flexibility index (Phi) is 62.8. The van der Waals surface area contributed by atoms with Gasteiger partial charge < -0.3 is 89.9 Å². The molecule has 12 N–H and O–H groups in total. The van der Waals surface area contributed by atoms with Gasteiger partial charge in [-0.2, -0.15) is 0 Å². The first-order valence-corrected chi connectivity index (χ1v) is 44.8. The molecule has 3 heterocycles. The van der Waals surface area contributed by atoms with Gasteiger partial charge in [-0.1, -0.05) is 393 Å². The lowest BCUT2D eigenvalue weighted by Crippen LogP contribution is -2.66. The first kappa shape index (κ1) is 98.0. The number of rotatable bonds is 74. The molecule has 19 nitrogen and oxygen atoms in total. The van der Waals surface area contributed by atoms with Crippen LogP contribution in [0, 0.1) is 0 Å². The molecule has 0 saturated carbocycles. The predicted molar refractivity (Wildman–Crippen MR) is 421 cm³/mol. The van der Waals surface area contributed by atoms with Gasteiger partial charge >= 0.3 is 0 Å². The van der Waals surface area contributed by atoms with Gasteiger partial charge in [0.2, 0.25) is 5.91 Å². The molecule has 3 saturated heterocycles. The number of aliphatic hydroxyl groups is 11. The summed E-state index contributed by atoms with van der Waals surface area (Å²) < 4.78 is 34.6. The van der Waals surface area contributed by atoms with Crippen molar-refractivity contribution in [3.8, 4) is 0 Å². The van der Waals surface area contributed by atoms with Crippen molar-refractivity contribution in [2.24, 2.45) is 0 Å². The van der Waals surface area contributed by atoms with Gasteiger partial charge in [0.15, 0.2) is 18.9 Å². The predicted octanol–water partition coefficient (Wildman–Crippen LogP) is 16.5. The smallest absolute Gasteiger partial charge is 0.220 e. The van der Waals surface area contributed by atoms with E-state index in [1.807, 2.05) is 0 Å². The monoisotopic (exact) mass is 1500 g/mol. The van der Waals surface area contributed by atoms with E-state index >= 15 is 0 Å². The van der Waals surface area contributed by atoms with Crippen molar-refractivity contribution in [2.45, 2.75) is 516 Å². The molecule has 3 rings (SSSR count). The maximum Gasteiger partial charge on any atom is 0.220 e. The normalized spacial score (nSPS) is 25.7. The Morgan fingerprint density at radius 3 is 0.829 bits per heavy atom. The molecule has 0 aromatic rings. The summed E-state index contributed by atoms with van der Waals surface area (Å²) in [6.45, 7) is 1.88. The van der Waals surface area contributed by atoms with E-state index in [1.165, 1.54) is 334 Å². The van der Waals surface area contributed by atoms with Crippen LogP contribution in [0.2, 0.25) is 0 Å². The molecule has 0 aromatic carbocycles. The van der Waals surface area contributed by atoms with E-state index in [0.717, 1.165) is 44.9 Å². The van der Waals surface area contributed by atoms with Crippen LogP contribution in [0.1, 0.15) is 412 Å². The van der Waals surface area contributed by atoms with E-state index in [9.17, 15) is 61.0 Å². The summed E-state index contributed by atoms with van der Waals surface area (Å²) >= 11 is 0. The van der Waals surface area contributed by atoms with E-state index in [2.05, 4.69) is 19.2 Å². The summed E-state index contributed by atoms with van der Waals surface area (Å²) in [4.78, 5) is 13.5. The molecule has 0 spiro atoms. The molecular formula is C86H167NO18. The number of unbranched alkanes of at least 4 members (excludes halogenated alkanes) is 58. The molecule has 17 atom stereocenters. The molecule has 1 amide bonds. The number of amides is 1. The Bertz CT molecular complexity index is 1890. The molecule has 3 aliphatic heterocycles. The van der Waals surface area contributed by atoms with Crippen molar-refractivity contribution in [3.05, 3.63) is 0 Å². The number of hydrogen-bond acceptors (Lipinski definition) is 18. The van der Waals surface area contributed by atoms with Gasteiger partial charge in [0.1, 0.15) is 73.2 Å². The third-order valence-electron chi connectivity index (χ3n) is 22.9. The van der Waals surface area contributed by atoms with E-state index in [1.54, 1.807) is 0 Å². The average molecular weight is 1500 g/mol. The Labute approximate surface area is 640 Å². The van der Waals surface area contributed by atoms with Crippen LogP contribution in [0.4, 0.5) is 0 Å². The van der Waals surface area contributed by atoms with Crippen LogP contribution in [0.25, 0.3) is 0 Å². The molecule has 3 aliphatic rings. The third kappa shape index (κ3) is 46.5. The Balaban J connectivity index is 1.27. The van der Waals surface area contributed by atoms with Gasteiger partial charge in [-0.25, -0.2) is 0 Å². The number of nitrogens with one attached hydrogen (secondary N) is 1. The number of ether oxygens (including phenoxy) is 6. The van der Waals surface area contributed by atoms with E-state index < -0.39 is 124 Å². The fourth-order valence-electron chi connectivity index (χ4n) is 15.8. The zero-order valence-corrected chi connectivity index (χ0v) is 67.3. The summed E-state index contributed by atoms with van der Waals surface area (Å²) in [5.74, 6) is -0.232. The number of hydrogen-bond donors (Lipinski definition) is 12. The van der Waals surface area contributed by atoms with Crippen LogP contribution >= 0.6 is 0 Å². The van der Waals surface area contributed by atoms with Crippen LogP contribution in [-0.2, 0) is 33.2 Å². The van der Waals surface area contributed by atoms with Crippen molar-refractivity contribution in [3.63, 3.8) is 0 Å². The van der Waals surface area contributed by atoms with Crippen molar-refractivity contribution in [2.75, 3.05) is 26.4 Å². The lowest BCUT2D eigenvalue weighted by atomic mass is 9.96. The van der Waals surface area contributed by atoms with Gasteiger partial charge in [-0.15, -0.1) is 0 Å². The first-order chi connectivity index (χ1) is 51.3. The minimum absolute atomic E-state index is 0.232. The SMILES string of the molecule is CCCCCCCCCCCCCCCCCCCCCCCCCCCCCCCCCCCCCCCCCCC(=O)NC(COC1OC(CO)C(OC2OC(CO)C(OC3OC(CO)C(O)C(O)C3O)C(O)C2O)C(O)C1O)C(O)CCCCCCCCCCCCCCCCCCCCCC. The zero-order chi connectivity index (χ0) is 76.0. The van der Waals surface area contributed by atoms with Crippen LogP contribution in [0.3, 0.4) is 0 Å². The highest BCUT2D eigenvalue weighted by atomic mass is 16.8. The van der Waals surface area contributed by atoms with E-state index in [4.69, 9.17) is 28.4 Å². The fraction of sp³-hybridized carbons (Fsp3) is 0.988. The summed E-state index contributed by atoms with van der Waals surface area (Å²) in [6.07, 6.45) is 53.8. The second-order valence-corrected chi connectivity index (χ2v) is 32.4. The molecule has 105 heavy (non-hydrogen) atoms. The molecule has 0 aromatic heterocycles. The molecular weight excluding hydrogens is 1330 g/mol. The van der Waals surface area contributed by atoms with Gasteiger partial charge in [-0.05, 0) is 12.8 Å². The summed E-state index contributed by atoms with van der Waals surface area (Å²) in [5.41, 5.74) is 0. The maximum atomic E-state index is 13.5. The van der Waals surface area contributed by atoms with Crippen molar-refractivity contribution in [1.29, 1.82) is 0 Å². The summed E-state index contributed by atoms with van der Waals surface area (Å²) in [7, 11) is 0. The molecule has 0 bridgehead atoms. The van der Waals surface area contributed by atoms with E-state index in [-0.39, 0.29) is 18.9 Å². The Morgan fingerprint density at radius 2 is 0.543 bits per heavy atom. The van der Waals surface area contributed by atoms with Crippen molar-refractivity contribution in [1.82, 2.24) is 5.32 Å². The third-order valence-corrected chi connectivity index (χ3v) is 22.9. The van der Waals surface area contributed by atoms with Crippen LogP contribution < -0.4 is 5.32 Å². The maximum absolute atomic E-state index is 13.5. The molecule has 19 heteroatoms. The molecule has 0 aliphatic carbocycles.